The Hall–Kier alpha value is -1.42. The first kappa shape index (κ1) is 10.7. The molecule has 1 N–H and O–H groups in total. The van der Waals surface area contributed by atoms with Gasteiger partial charge in [-0.3, -0.25) is 4.90 Å². The van der Waals surface area contributed by atoms with Gasteiger partial charge in [-0.25, -0.2) is 0 Å². The number of phenols is 1. The molecule has 1 saturated heterocycles. The molecular weight excluding hydrogens is 218 g/mol. The summed E-state index contributed by atoms with van der Waals surface area (Å²) in [4.78, 5) is 2.32. The standard InChI is InChI=1S/C13H17NO3/c1-14-6-2-3-10(14)13-8-16-11-5-4-9(15)7-12(11)17-13/h4-5,7,10,13,15H,2-3,6,8H2,1H3/t10-,13-/m1/s1. The van der Waals surface area contributed by atoms with Gasteiger partial charge in [-0.15, -0.1) is 0 Å². The smallest absolute Gasteiger partial charge is 0.165 e. The van der Waals surface area contributed by atoms with Gasteiger partial charge in [-0.1, -0.05) is 0 Å². The van der Waals surface area contributed by atoms with Gasteiger partial charge in [0.2, 0.25) is 0 Å². The second-order valence-electron chi connectivity index (χ2n) is 4.79. The van der Waals surface area contributed by atoms with Crippen LogP contribution in [0.1, 0.15) is 12.8 Å². The number of likely N-dealkylation sites (N-methyl/N-ethyl adjacent to an activating group) is 1. The van der Waals surface area contributed by atoms with E-state index in [0.717, 1.165) is 18.7 Å². The van der Waals surface area contributed by atoms with Crippen LogP contribution < -0.4 is 9.47 Å². The fraction of sp³-hybridized carbons (Fsp3) is 0.538. The van der Waals surface area contributed by atoms with E-state index in [4.69, 9.17) is 9.47 Å². The van der Waals surface area contributed by atoms with Gasteiger partial charge in [0.25, 0.3) is 0 Å². The second kappa shape index (κ2) is 4.11. The summed E-state index contributed by atoms with van der Waals surface area (Å²) in [6, 6.07) is 5.41. The van der Waals surface area contributed by atoms with Gasteiger partial charge in [0.15, 0.2) is 11.5 Å². The van der Waals surface area contributed by atoms with Crippen molar-refractivity contribution in [1.29, 1.82) is 0 Å². The van der Waals surface area contributed by atoms with Crippen LogP contribution in [0.3, 0.4) is 0 Å². The van der Waals surface area contributed by atoms with Crippen molar-refractivity contribution < 1.29 is 14.6 Å². The number of hydrogen-bond donors (Lipinski definition) is 1. The number of likely N-dealkylation sites (tertiary alicyclic amines) is 1. The van der Waals surface area contributed by atoms with Crippen molar-refractivity contribution in [3.8, 4) is 17.2 Å². The van der Waals surface area contributed by atoms with Crippen molar-refractivity contribution >= 4 is 0 Å². The SMILES string of the molecule is CN1CCC[C@@H]1[C@H]1COc2ccc(O)cc2O1. The third-order valence-electron chi connectivity index (χ3n) is 3.61. The quantitative estimate of drug-likeness (QED) is 0.803. The zero-order valence-corrected chi connectivity index (χ0v) is 9.93. The molecule has 1 aromatic rings. The third-order valence-corrected chi connectivity index (χ3v) is 3.61. The van der Waals surface area contributed by atoms with Gasteiger partial charge in [0.1, 0.15) is 18.5 Å². The van der Waals surface area contributed by atoms with Crippen LogP contribution in [-0.4, -0.2) is 42.4 Å². The third kappa shape index (κ3) is 1.93. The Kier molecular flexibility index (Phi) is 2.59. The lowest BCUT2D eigenvalue weighted by Crippen LogP contribution is -2.45. The molecule has 3 rings (SSSR count). The molecule has 2 aliphatic rings. The van der Waals surface area contributed by atoms with Crippen molar-refractivity contribution in [3.05, 3.63) is 18.2 Å². The number of hydrogen-bond acceptors (Lipinski definition) is 4. The first-order valence-electron chi connectivity index (χ1n) is 6.07. The fourth-order valence-corrected chi connectivity index (χ4v) is 2.67. The van der Waals surface area contributed by atoms with E-state index in [2.05, 4.69) is 11.9 Å². The maximum atomic E-state index is 9.45. The molecule has 0 spiro atoms. The molecule has 2 aliphatic heterocycles. The van der Waals surface area contributed by atoms with Gasteiger partial charge in [0.05, 0.1) is 0 Å². The Morgan fingerprint density at radius 1 is 1.35 bits per heavy atom. The molecule has 92 valence electrons. The van der Waals surface area contributed by atoms with Gasteiger partial charge < -0.3 is 14.6 Å². The molecule has 17 heavy (non-hydrogen) atoms. The van der Waals surface area contributed by atoms with E-state index in [9.17, 15) is 5.11 Å². The number of phenolic OH excluding ortho intramolecular Hbond substituents is 1. The van der Waals surface area contributed by atoms with E-state index in [-0.39, 0.29) is 11.9 Å². The highest BCUT2D eigenvalue weighted by atomic mass is 16.6. The summed E-state index contributed by atoms with van der Waals surface area (Å²) in [6.45, 7) is 1.71. The van der Waals surface area contributed by atoms with Crippen LogP contribution in [0.4, 0.5) is 0 Å². The summed E-state index contributed by atoms with van der Waals surface area (Å²) in [6.07, 6.45) is 2.43. The van der Waals surface area contributed by atoms with Crippen LogP contribution >= 0.6 is 0 Å². The summed E-state index contributed by atoms with van der Waals surface area (Å²) >= 11 is 0. The zero-order valence-electron chi connectivity index (χ0n) is 9.93. The minimum atomic E-state index is 0.0665. The summed E-state index contributed by atoms with van der Waals surface area (Å²) in [5.74, 6) is 1.59. The van der Waals surface area contributed by atoms with Crippen LogP contribution in [-0.2, 0) is 0 Å². The van der Waals surface area contributed by atoms with E-state index in [1.165, 1.54) is 6.42 Å². The fourth-order valence-electron chi connectivity index (χ4n) is 2.67. The van der Waals surface area contributed by atoms with Crippen LogP contribution in [0.25, 0.3) is 0 Å². The van der Waals surface area contributed by atoms with Crippen LogP contribution in [0.5, 0.6) is 17.2 Å². The van der Waals surface area contributed by atoms with Crippen LogP contribution in [0.2, 0.25) is 0 Å². The number of nitrogens with zero attached hydrogens (tertiary/aromatic N) is 1. The van der Waals surface area contributed by atoms with Gasteiger partial charge >= 0.3 is 0 Å². The lowest BCUT2D eigenvalue weighted by Gasteiger charge is -2.33. The lowest BCUT2D eigenvalue weighted by molar-refractivity contribution is 0.0367. The van der Waals surface area contributed by atoms with Crippen molar-refractivity contribution in [2.45, 2.75) is 25.0 Å². The Bertz CT molecular complexity index is 421. The van der Waals surface area contributed by atoms with E-state index < -0.39 is 0 Å². The molecule has 0 saturated carbocycles. The highest BCUT2D eigenvalue weighted by molar-refractivity contribution is 5.46. The Balaban J connectivity index is 1.80. The molecule has 0 aliphatic carbocycles. The highest BCUT2D eigenvalue weighted by Gasteiger charge is 2.34. The van der Waals surface area contributed by atoms with Crippen LogP contribution in [0.15, 0.2) is 18.2 Å². The van der Waals surface area contributed by atoms with E-state index >= 15 is 0 Å². The summed E-state index contributed by atoms with van der Waals surface area (Å²) in [5.41, 5.74) is 0. The van der Waals surface area contributed by atoms with E-state index in [1.807, 2.05) is 0 Å². The number of ether oxygens (including phenoxy) is 2. The number of aromatic hydroxyl groups is 1. The average molecular weight is 235 g/mol. The van der Waals surface area contributed by atoms with E-state index in [1.54, 1.807) is 18.2 Å². The predicted molar refractivity (Wildman–Crippen MR) is 63.7 cm³/mol. The molecule has 0 bridgehead atoms. The summed E-state index contributed by atoms with van der Waals surface area (Å²) < 4.78 is 11.6. The predicted octanol–water partition coefficient (Wildman–Crippen LogP) is 1.63. The normalized spacial score (nSPS) is 28.3. The maximum absolute atomic E-state index is 9.45. The zero-order chi connectivity index (χ0) is 11.8. The Morgan fingerprint density at radius 2 is 2.24 bits per heavy atom. The molecule has 0 unspecified atom stereocenters. The first-order chi connectivity index (χ1) is 8.24. The highest BCUT2D eigenvalue weighted by Crippen LogP contribution is 2.36. The van der Waals surface area contributed by atoms with Crippen molar-refractivity contribution in [2.24, 2.45) is 0 Å². The number of fused-ring (bicyclic) bond motifs is 1. The minimum absolute atomic E-state index is 0.0665. The molecule has 2 heterocycles. The number of benzene rings is 1. The molecule has 0 amide bonds. The van der Waals surface area contributed by atoms with Crippen molar-refractivity contribution in [3.63, 3.8) is 0 Å². The molecule has 2 atom stereocenters. The van der Waals surface area contributed by atoms with Gasteiger partial charge in [-0.2, -0.15) is 0 Å². The van der Waals surface area contributed by atoms with E-state index in [0.29, 0.717) is 18.4 Å². The molecule has 4 heteroatoms. The first-order valence-corrected chi connectivity index (χ1v) is 6.07. The molecule has 0 aromatic heterocycles. The summed E-state index contributed by atoms with van der Waals surface area (Å²) in [5, 5.41) is 9.45. The monoisotopic (exact) mass is 235 g/mol. The molecule has 1 fully saturated rings. The van der Waals surface area contributed by atoms with Crippen molar-refractivity contribution in [2.75, 3.05) is 20.2 Å². The minimum Gasteiger partial charge on any atom is -0.508 e. The second-order valence-corrected chi connectivity index (χ2v) is 4.79. The Labute approximate surface area is 101 Å². The van der Waals surface area contributed by atoms with Gasteiger partial charge in [-0.05, 0) is 38.6 Å². The molecule has 1 aromatic carbocycles. The lowest BCUT2D eigenvalue weighted by atomic mass is 10.1. The Morgan fingerprint density at radius 3 is 3.00 bits per heavy atom. The number of rotatable bonds is 1. The van der Waals surface area contributed by atoms with Crippen LogP contribution in [0, 0.1) is 0 Å². The molecular formula is C13H17NO3. The molecule has 0 radical (unpaired) electrons. The molecule has 4 nitrogen and oxygen atoms in total. The summed E-state index contributed by atoms with van der Waals surface area (Å²) in [7, 11) is 2.12. The van der Waals surface area contributed by atoms with Gasteiger partial charge in [0, 0.05) is 12.1 Å². The van der Waals surface area contributed by atoms with Crippen molar-refractivity contribution in [1.82, 2.24) is 4.90 Å². The largest absolute Gasteiger partial charge is 0.508 e. The topological polar surface area (TPSA) is 41.9 Å². The average Bonchev–Trinajstić information content (AvgIpc) is 2.74. The maximum Gasteiger partial charge on any atom is 0.165 e.